The van der Waals surface area contributed by atoms with Crippen molar-refractivity contribution in [2.45, 2.75) is 33.2 Å². The number of benzene rings is 1. The van der Waals surface area contributed by atoms with E-state index in [0.29, 0.717) is 6.04 Å². The van der Waals surface area contributed by atoms with Crippen LogP contribution in [0.5, 0.6) is 0 Å². The zero-order valence-corrected chi connectivity index (χ0v) is 9.58. The molecule has 0 saturated heterocycles. The topological polar surface area (TPSA) is 20.3 Å². The fraction of sp³-hybridized carbons (Fsp3) is 0.462. The zero-order valence-electron chi connectivity index (χ0n) is 9.58. The SMILES string of the molecule is Cc1ccc2c(c1)C(=O)N(C(C)C)CC2. The van der Waals surface area contributed by atoms with E-state index in [-0.39, 0.29) is 5.91 Å². The summed E-state index contributed by atoms with van der Waals surface area (Å²) in [5.41, 5.74) is 3.25. The van der Waals surface area contributed by atoms with Gasteiger partial charge >= 0.3 is 0 Å². The van der Waals surface area contributed by atoms with Gasteiger partial charge in [0.1, 0.15) is 0 Å². The average Bonchev–Trinajstić information content (AvgIpc) is 2.19. The van der Waals surface area contributed by atoms with E-state index in [1.807, 2.05) is 17.9 Å². The maximum Gasteiger partial charge on any atom is 0.254 e. The van der Waals surface area contributed by atoms with Crippen LogP contribution in [-0.2, 0) is 6.42 Å². The Bertz CT molecular complexity index is 396. The molecule has 2 nitrogen and oxygen atoms in total. The predicted octanol–water partition coefficient (Wildman–Crippen LogP) is 2.40. The largest absolute Gasteiger partial charge is 0.336 e. The highest BCUT2D eigenvalue weighted by Crippen LogP contribution is 2.21. The van der Waals surface area contributed by atoms with Gasteiger partial charge in [-0.15, -0.1) is 0 Å². The van der Waals surface area contributed by atoms with Gasteiger partial charge in [-0.05, 0) is 38.8 Å². The van der Waals surface area contributed by atoms with Crippen LogP contribution in [0, 0.1) is 6.92 Å². The number of aryl methyl sites for hydroxylation is 1. The molecule has 1 aromatic rings. The molecule has 0 atom stereocenters. The second kappa shape index (κ2) is 3.69. The monoisotopic (exact) mass is 203 g/mol. The van der Waals surface area contributed by atoms with Crippen LogP contribution in [-0.4, -0.2) is 23.4 Å². The molecule has 80 valence electrons. The van der Waals surface area contributed by atoms with E-state index < -0.39 is 0 Å². The van der Waals surface area contributed by atoms with E-state index in [1.54, 1.807) is 0 Å². The third-order valence-electron chi connectivity index (χ3n) is 3.00. The molecular weight excluding hydrogens is 186 g/mol. The van der Waals surface area contributed by atoms with E-state index in [1.165, 1.54) is 5.56 Å². The molecule has 0 saturated carbocycles. The van der Waals surface area contributed by atoms with Crippen molar-refractivity contribution in [3.8, 4) is 0 Å². The lowest BCUT2D eigenvalue weighted by Crippen LogP contribution is -2.42. The Labute approximate surface area is 90.9 Å². The standard InChI is InChI=1S/C13H17NO/c1-9(2)14-7-6-11-5-4-10(3)8-12(11)13(14)15/h4-5,8-9H,6-7H2,1-3H3. The van der Waals surface area contributed by atoms with Crippen LogP contribution in [0.4, 0.5) is 0 Å². The van der Waals surface area contributed by atoms with E-state index in [4.69, 9.17) is 0 Å². The van der Waals surface area contributed by atoms with E-state index in [9.17, 15) is 4.79 Å². The number of carbonyl (C=O) groups excluding carboxylic acids is 1. The van der Waals surface area contributed by atoms with Crippen molar-refractivity contribution in [1.29, 1.82) is 0 Å². The molecule has 2 heteroatoms. The van der Waals surface area contributed by atoms with Crippen LogP contribution in [0.1, 0.15) is 35.3 Å². The van der Waals surface area contributed by atoms with E-state index in [2.05, 4.69) is 26.0 Å². The quantitative estimate of drug-likeness (QED) is 0.686. The Morgan fingerprint density at radius 2 is 2.07 bits per heavy atom. The van der Waals surface area contributed by atoms with Gasteiger partial charge in [0.05, 0.1) is 0 Å². The number of rotatable bonds is 1. The van der Waals surface area contributed by atoms with Gasteiger partial charge in [-0.1, -0.05) is 17.7 Å². The Balaban J connectivity index is 2.40. The predicted molar refractivity (Wildman–Crippen MR) is 61.1 cm³/mol. The van der Waals surface area contributed by atoms with Crippen molar-refractivity contribution < 1.29 is 4.79 Å². The summed E-state index contributed by atoms with van der Waals surface area (Å²) in [6, 6.07) is 6.47. The van der Waals surface area contributed by atoms with Gasteiger partial charge in [-0.2, -0.15) is 0 Å². The summed E-state index contributed by atoms with van der Waals surface area (Å²) in [5, 5.41) is 0. The summed E-state index contributed by atoms with van der Waals surface area (Å²) in [5.74, 6) is 0.190. The van der Waals surface area contributed by atoms with Crippen LogP contribution in [0.15, 0.2) is 18.2 Å². The normalized spacial score (nSPS) is 15.7. The maximum atomic E-state index is 12.1. The van der Waals surface area contributed by atoms with Gasteiger partial charge < -0.3 is 4.90 Å². The summed E-state index contributed by atoms with van der Waals surface area (Å²) < 4.78 is 0. The lowest BCUT2D eigenvalue weighted by Gasteiger charge is -2.32. The number of carbonyl (C=O) groups is 1. The summed E-state index contributed by atoms with van der Waals surface area (Å²) in [7, 11) is 0. The molecule has 1 aliphatic rings. The third kappa shape index (κ3) is 1.76. The van der Waals surface area contributed by atoms with Gasteiger partial charge in [0, 0.05) is 18.2 Å². The van der Waals surface area contributed by atoms with Crippen LogP contribution in [0.3, 0.4) is 0 Å². The molecule has 0 aromatic heterocycles. The first kappa shape index (κ1) is 10.2. The highest BCUT2D eigenvalue weighted by Gasteiger charge is 2.25. The minimum Gasteiger partial charge on any atom is -0.336 e. The molecule has 0 bridgehead atoms. The first-order valence-corrected chi connectivity index (χ1v) is 5.50. The number of fused-ring (bicyclic) bond motifs is 1. The van der Waals surface area contributed by atoms with Gasteiger partial charge in [0.25, 0.3) is 5.91 Å². The molecule has 15 heavy (non-hydrogen) atoms. The smallest absolute Gasteiger partial charge is 0.254 e. The summed E-state index contributed by atoms with van der Waals surface area (Å²) >= 11 is 0. The Hall–Kier alpha value is -1.31. The maximum absolute atomic E-state index is 12.1. The highest BCUT2D eigenvalue weighted by molar-refractivity contribution is 5.97. The van der Waals surface area contributed by atoms with Gasteiger partial charge in [-0.3, -0.25) is 4.79 Å². The molecule has 0 fully saturated rings. The summed E-state index contributed by atoms with van der Waals surface area (Å²) in [4.78, 5) is 14.1. The first-order valence-electron chi connectivity index (χ1n) is 5.50. The number of nitrogens with zero attached hydrogens (tertiary/aromatic N) is 1. The molecule has 1 aromatic carbocycles. The zero-order chi connectivity index (χ0) is 11.0. The van der Waals surface area contributed by atoms with Crippen LogP contribution in [0.2, 0.25) is 0 Å². The van der Waals surface area contributed by atoms with E-state index in [0.717, 1.165) is 24.1 Å². The molecule has 2 rings (SSSR count). The van der Waals surface area contributed by atoms with Crippen molar-refractivity contribution in [2.75, 3.05) is 6.54 Å². The Morgan fingerprint density at radius 3 is 2.73 bits per heavy atom. The average molecular weight is 203 g/mol. The molecule has 0 spiro atoms. The number of hydrogen-bond acceptors (Lipinski definition) is 1. The Morgan fingerprint density at radius 1 is 1.33 bits per heavy atom. The lowest BCUT2D eigenvalue weighted by molar-refractivity contribution is 0.0688. The fourth-order valence-electron chi connectivity index (χ4n) is 2.10. The third-order valence-corrected chi connectivity index (χ3v) is 3.00. The van der Waals surface area contributed by atoms with Crippen molar-refractivity contribution in [2.24, 2.45) is 0 Å². The lowest BCUT2D eigenvalue weighted by atomic mass is 9.96. The minimum absolute atomic E-state index is 0.190. The molecule has 1 aliphatic heterocycles. The molecular formula is C13H17NO. The molecule has 0 radical (unpaired) electrons. The fourth-order valence-corrected chi connectivity index (χ4v) is 2.10. The van der Waals surface area contributed by atoms with Crippen molar-refractivity contribution in [3.63, 3.8) is 0 Å². The highest BCUT2D eigenvalue weighted by atomic mass is 16.2. The molecule has 0 unspecified atom stereocenters. The summed E-state index contributed by atoms with van der Waals surface area (Å²) in [6.07, 6.45) is 0.986. The van der Waals surface area contributed by atoms with Crippen molar-refractivity contribution in [1.82, 2.24) is 4.90 Å². The van der Waals surface area contributed by atoms with Crippen molar-refractivity contribution in [3.05, 3.63) is 34.9 Å². The van der Waals surface area contributed by atoms with Crippen LogP contribution >= 0.6 is 0 Å². The van der Waals surface area contributed by atoms with E-state index >= 15 is 0 Å². The molecule has 1 heterocycles. The van der Waals surface area contributed by atoms with Crippen molar-refractivity contribution >= 4 is 5.91 Å². The molecule has 0 N–H and O–H groups in total. The first-order chi connectivity index (χ1) is 7.09. The summed E-state index contributed by atoms with van der Waals surface area (Å²) in [6.45, 7) is 7.02. The molecule has 0 aliphatic carbocycles. The second-order valence-corrected chi connectivity index (χ2v) is 4.50. The van der Waals surface area contributed by atoms with Crippen LogP contribution < -0.4 is 0 Å². The second-order valence-electron chi connectivity index (χ2n) is 4.50. The number of hydrogen-bond donors (Lipinski definition) is 0. The van der Waals surface area contributed by atoms with Gasteiger partial charge in [0.2, 0.25) is 0 Å². The minimum atomic E-state index is 0.190. The van der Waals surface area contributed by atoms with Gasteiger partial charge in [0.15, 0.2) is 0 Å². The Kier molecular flexibility index (Phi) is 2.51. The van der Waals surface area contributed by atoms with Gasteiger partial charge in [-0.25, -0.2) is 0 Å². The molecule has 1 amide bonds. The number of amides is 1. The van der Waals surface area contributed by atoms with Crippen LogP contribution in [0.25, 0.3) is 0 Å².